The van der Waals surface area contributed by atoms with Gasteiger partial charge in [-0.3, -0.25) is 14.5 Å². The van der Waals surface area contributed by atoms with Gasteiger partial charge in [-0.05, 0) is 14.0 Å². The Bertz CT molecular complexity index is 800. The van der Waals surface area contributed by atoms with Crippen LogP contribution in [0.15, 0.2) is 22.5 Å². The number of methoxy groups -OCH3 is 1. The molecule has 4 rings (SSSR count). The Morgan fingerprint density at radius 3 is 2.62 bits per heavy atom. The van der Waals surface area contributed by atoms with Crippen molar-refractivity contribution in [2.75, 3.05) is 27.3 Å². The van der Waals surface area contributed by atoms with E-state index in [1.807, 2.05) is 11.9 Å². The fraction of sp³-hybridized carbons (Fsp3) is 0.562. The number of allylic oxidation sites excluding steroid dienone is 2. The van der Waals surface area contributed by atoms with Crippen molar-refractivity contribution in [3.05, 3.63) is 22.5 Å². The number of fused-ring (bicyclic) bond motifs is 4. The first-order valence-corrected chi connectivity index (χ1v) is 8.04. The first kappa shape index (κ1) is 19.4. The van der Waals surface area contributed by atoms with E-state index in [1.54, 1.807) is 6.92 Å². The third-order valence-electron chi connectivity index (χ3n) is 5.99. The van der Waals surface area contributed by atoms with E-state index in [2.05, 4.69) is 4.90 Å². The zero-order valence-electron chi connectivity index (χ0n) is 16.2. The molecule has 0 saturated carbocycles. The number of rotatable bonds is 3. The number of nitrogens with two attached hydrogens (primary N) is 2. The molecule has 10 heteroatoms. The summed E-state index contributed by atoms with van der Waals surface area (Å²) >= 11 is 0. The maximum atomic E-state index is 12.9. The van der Waals surface area contributed by atoms with Crippen LogP contribution in [0.25, 0.3) is 0 Å². The van der Waals surface area contributed by atoms with E-state index in [1.165, 1.54) is 7.11 Å². The van der Waals surface area contributed by atoms with Crippen molar-refractivity contribution in [2.24, 2.45) is 17.4 Å². The number of hydrogen-bond acceptors (Lipinski definition) is 8. The molecule has 0 radical (unpaired) electrons. The maximum absolute atomic E-state index is 12.9. The molecule has 9 nitrogen and oxygen atoms in total. The predicted octanol–water partition coefficient (Wildman–Crippen LogP) is -4.19. The third-order valence-corrected chi connectivity index (χ3v) is 5.99. The molecule has 3 aliphatic heterocycles. The summed E-state index contributed by atoms with van der Waals surface area (Å²) in [4.78, 5) is 40.8. The van der Waals surface area contributed by atoms with Crippen LogP contribution >= 0.6 is 0 Å². The minimum Gasteiger partial charge on any atom is -1.00 e. The second-order valence-electron chi connectivity index (χ2n) is 6.89. The number of ketones is 2. The predicted molar refractivity (Wildman–Crippen MR) is 85.8 cm³/mol. The van der Waals surface area contributed by atoms with Crippen LogP contribution in [0.2, 0.25) is 0 Å². The number of nitrogens with zero attached hydrogens (tertiary/aromatic N) is 2. The van der Waals surface area contributed by atoms with Crippen molar-refractivity contribution in [3.8, 4) is 0 Å². The van der Waals surface area contributed by atoms with Gasteiger partial charge in [0.05, 0.1) is 23.4 Å². The molecule has 1 unspecified atom stereocenters. The van der Waals surface area contributed by atoms with E-state index in [0.717, 1.165) is 0 Å². The number of carbonyl (C=O) groups is 3. The molecule has 0 spiro atoms. The summed E-state index contributed by atoms with van der Waals surface area (Å²) in [6.07, 6.45) is -0.945. The minimum absolute atomic E-state index is 0. The average molecular weight is 372 g/mol. The molecule has 136 valence electrons. The molecule has 0 bridgehead atoms. The van der Waals surface area contributed by atoms with Crippen LogP contribution in [0.3, 0.4) is 0 Å². The molecule has 2 saturated heterocycles. The summed E-state index contributed by atoms with van der Waals surface area (Å²) in [5.41, 5.74) is 10.8. The monoisotopic (exact) mass is 372 g/mol. The number of Topliss-reactive ketones (excluding diaryl/α,β-unsaturated/α-hetero) is 2. The molecule has 3 heterocycles. The van der Waals surface area contributed by atoms with Crippen LogP contribution in [-0.2, 0) is 19.1 Å². The van der Waals surface area contributed by atoms with Gasteiger partial charge in [0.25, 0.3) is 0 Å². The first-order chi connectivity index (χ1) is 11.8. The van der Waals surface area contributed by atoms with E-state index >= 15 is 0 Å². The van der Waals surface area contributed by atoms with Gasteiger partial charge in [-0.2, -0.15) is 0 Å². The largest absolute Gasteiger partial charge is 1.00 e. The van der Waals surface area contributed by atoms with E-state index in [9.17, 15) is 14.4 Å². The fourth-order valence-electron chi connectivity index (χ4n) is 4.73. The van der Waals surface area contributed by atoms with Gasteiger partial charge in [0.2, 0.25) is 11.6 Å². The number of likely N-dealkylation sites (N-methyl/N-ethyl adjacent to an activating group) is 1. The standard InChI is InChI=1S/C16H20N4O5.Na.H/c1-6-10(17)13(22)9-7(5-25-15(18)23)16(24-3)14-8(19(14)2)4-20(16)11(9)12(6)21;;/h7-8,14H,4-5,17H2,1-3H3,(H2,18,23);;/q;+1;-1/t7-,8+,14+,16-,19?;;/m1../s1. The molecular weight excluding hydrogens is 351 g/mol. The van der Waals surface area contributed by atoms with E-state index in [-0.39, 0.29) is 72.3 Å². The SMILES string of the molecule is CO[C@@]12[C@H](COC(N)=O)C3=C(C(=O)C(C)=C(N)C3=O)N1C[C@H]1[C@@H]2N1C.[H-].[Na+]. The molecular formula is C16H21N4NaO5. The van der Waals surface area contributed by atoms with Gasteiger partial charge < -0.3 is 27.3 Å². The van der Waals surface area contributed by atoms with Gasteiger partial charge in [0.15, 0.2) is 5.72 Å². The Morgan fingerprint density at radius 1 is 1.38 bits per heavy atom. The maximum Gasteiger partial charge on any atom is 1.00 e. The van der Waals surface area contributed by atoms with Crippen LogP contribution in [0.4, 0.5) is 4.79 Å². The number of ether oxygens (including phenoxy) is 2. The molecule has 5 atom stereocenters. The molecule has 0 aromatic heterocycles. The van der Waals surface area contributed by atoms with Gasteiger partial charge in [-0.1, -0.05) is 0 Å². The Balaban J connectivity index is 0.00000131. The van der Waals surface area contributed by atoms with E-state index in [4.69, 9.17) is 20.9 Å². The van der Waals surface area contributed by atoms with E-state index < -0.39 is 23.5 Å². The van der Waals surface area contributed by atoms with Gasteiger partial charge in [0.1, 0.15) is 6.61 Å². The first-order valence-electron chi connectivity index (χ1n) is 8.04. The fourth-order valence-corrected chi connectivity index (χ4v) is 4.73. The Labute approximate surface area is 174 Å². The second-order valence-corrected chi connectivity index (χ2v) is 6.89. The minimum atomic E-state index is -0.949. The van der Waals surface area contributed by atoms with Crippen molar-refractivity contribution in [2.45, 2.75) is 24.7 Å². The van der Waals surface area contributed by atoms with Crippen LogP contribution in [0.1, 0.15) is 8.35 Å². The van der Waals surface area contributed by atoms with Crippen molar-refractivity contribution in [1.82, 2.24) is 9.80 Å². The molecule has 0 aromatic rings. The molecule has 4 N–H and O–H groups in total. The van der Waals surface area contributed by atoms with Gasteiger partial charge in [0, 0.05) is 30.8 Å². The van der Waals surface area contributed by atoms with Crippen molar-refractivity contribution < 1.29 is 54.8 Å². The van der Waals surface area contributed by atoms with Crippen LogP contribution < -0.4 is 41.0 Å². The third kappa shape index (κ3) is 2.12. The quantitative estimate of drug-likeness (QED) is 0.290. The van der Waals surface area contributed by atoms with Crippen LogP contribution in [-0.4, -0.2) is 72.6 Å². The van der Waals surface area contributed by atoms with Crippen molar-refractivity contribution >= 4 is 17.7 Å². The summed E-state index contributed by atoms with van der Waals surface area (Å²) in [6.45, 7) is 1.96. The molecule has 0 aromatic carbocycles. The second kappa shape index (κ2) is 6.07. The summed E-state index contributed by atoms with van der Waals surface area (Å²) < 4.78 is 10.9. The Morgan fingerprint density at radius 2 is 2.04 bits per heavy atom. The van der Waals surface area contributed by atoms with Crippen molar-refractivity contribution in [3.63, 3.8) is 0 Å². The van der Waals surface area contributed by atoms with Gasteiger partial charge >= 0.3 is 35.7 Å². The Hall–Kier alpha value is -1.39. The van der Waals surface area contributed by atoms with Crippen molar-refractivity contribution in [1.29, 1.82) is 0 Å². The summed E-state index contributed by atoms with van der Waals surface area (Å²) in [5.74, 6) is -1.32. The number of hydrogen-bond donors (Lipinski definition) is 2. The molecule has 1 amide bonds. The van der Waals surface area contributed by atoms with Crippen LogP contribution in [0.5, 0.6) is 0 Å². The smallest absolute Gasteiger partial charge is 1.00 e. The zero-order chi connectivity index (χ0) is 18.3. The van der Waals surface area contributed by atoms with Gasteiger partial charge in [-0.15, -0.1) is 0 Å². The van der Waals surface area contributed by atoms with Gasteiger partial charge in [-0.25, -0.2) is 4.79 Å². The topological polar surface area (TPSA) is 128 Å². The summed E-state index contributed by atoms with van der Waals surface area (Å²) in [6, 6.07) is 0.211. The molecule has 2 fully saturated rings. The van der Waals surface area contributed by atoms with E-state index in [0.29, 0.717) is 12.2 Å². The number of amides is 1. The summed E-state index contributed by atoms with van der Waals surface area (Å²) in [7, 11) is 3.49. The average Bonchev–Trinajstić information content (AvgIpc) is 2.96. The summed E-state index contributed by atoms with van der Waals surface area (Å²) in [5, 5.41) is 0. The molecule has 4 aliphatic rings. The normalized spacial score (nSPS) is 37.3. The molecule has 1 aliphatic carbocycles. The number of primary amides is 1. The zero-order valence-corrected chi connectivity index (χ0v) is 17.2. The molecule has 26 heavy (non-hydrogen) atoms. The number of piperazine rings is 1. The van der Waals surface area contributed by atoms with Crippen LogP contribution in [0, 0.1) is 5.92 Å². The Kier molecular flexibility index (Phi) is 4.52. The number of carbonyl (C=O) groups excluding carboxylic acids is 3.